The predicted molar refractivity (Wildman–Crippen MR) is 183 cm³/mol. The molecule has 43 heavy (non-hydrogen) atoms. The van der Waals surface area contributed by atoms with Crippen LogP contribution in [0.15, 0.2) is 176 Å². The number of nitrogen functional groups attached to an aromatic ring is 1. The fraction of sp³-hybridized carbons (Fsp3) is 0. The number of rotatable bonds is 6. The van der Waals surface area contributed by atoms with Crippen LogP contribution in [0.25, 0.3) is 66.8 Å². The average molecular weight is 550 g/mol. The molecule has 0 aromatic heterocycles. The Morgan fingerprint density at radius 3 is 0.605 bits per heavy atom. The summed E-state index contributed by atoms with van der Waals surface area (Å²) in [5.74, 6) is 0. The summed E-state index contributed by atoms with van der Waals surface area (Å²) in [5.41, 5.74) is 21.2. The largest absolute Gasteiger partial charge is 0.399 e. The Bertz CT molecular complexity index is 1860. The van der Waals surface area contributed by atoms with E-state index >= 15 is 0 Å². The Kier molecular flexibility index (Phi) is 7.13. The lowest BCUT2D eigenvalue weighted by Gasteiger charge is -2.28. The van der Waals surface area contributed by atoms with Gasteiger partial charge in [0.1, 0.15) is 0 Å². The highest BCUT2D eigenvalue weighted by Gasteiger charge is 2.28. The molecule has 0 aliphatic carbocycles. The van der Waals surface area contributed by atoms with Gasteiger partial charge in [-0.05, 0) is 78.9 Å². The van der Waals surface area contributed by atoms with Crippen molar-refractivity contribution >= 4 is 5.69 Å². The van der Waals surface area contributed by atoms with E-state index in [9.17, 15) is 0 Å². The lowest BCUT2D eigenvalue weighted by Crippen LogP contribution is -2.02. The van der Waals surface area contributed by atoms with Crippen LogP contribution < -0.4 is 5.73 Å². The zero-order valence-electron chi connectivity index (χ0n) is 23.8. The van der Waals surface area contributed by atoms with Gasteiger partial charge in [-0.2, -0.15) is 0 Å². The van der Waals surface area contributed by atoms with Gasteiger partial charge in [0, 0.05) is 5.69 Å². The molecule has 0 saturated heterocycles. The van der Waals surface area contributed by atoms with Crippen molar-refractivity contribution in [3.63, 3.8) is 0 Å². The van der Waals surface area contributed by atoms with Crippen LogP contribution in [-0.2, 0) is 0 Å². The molecule has 0 unspecified atom stereocenters. The molecule has 0 amide bonds. The maximum absolute atomic E-state index is 6.25. The van der Waals surface area contributed by atoms with Gasteiger partial charge in [0.2, 0.25) is 0 Å². The zero-order chi connectivity index (χ0) is 29.0. The summed E-state index contributed by atoms with van der Waals surface area (Å²) in [6.07, 6.45) is 0. The minimum absolute atomic E-state index is 0.749. The van der Waals surface area contributed by atoms with E-state index in [1.165, 1.54) is 61.2 Å². The van der Waals surface area contributed by atoms with Crippen molar-refractivity contribution in [3.05, 3.63) is 176 Å². The Labute approximate surface area is 253 Å². The highest BCUT2D eigenvalue weighted by atomic mass is 14.5. The van der Waals surface area contributed by atoms with E-state index < -0.39 is 0 Å². The summed E-state index contributed by atoms with van der Waals surface area (Å²) < 4.78 is 0. The second kappa shape index (κ2) is 11.7. The molecule has 0 atom stereocenters. The zero-order valence-corrected chi connectivity index (χ0v) is 23.8. The Balaban J connectivity index is 1.81. The molecule has 7 rings (SSSR count). The third-order valence-electron chi connectivity index (χ3n) is 8.01. The molecule has 7 aromatic carbocycles. The Morgan fingerprint density at radius 2 is 0.395 bits per heavy atom. The molecule has 0 aliphatic heterocycles. The van der Waals surface area contributed by atoms with Crippen molar-refractivity contribution < 1.29 is 0 Å². The van der Waals surface area contributed by atoms with Gasteiger partial charge < -0.3 is 5.73 Å². The van der Waals surface area contributed by atoms with Gasteiger partial charge in [0.05, 0.1) is 0 Å². The lowest BCUT2D eigenvalue weighted by molar-refractivity contribution is 1.51. The van der Waals surface area contributed by atoms with Gasteiger partial charge in [-0.15, -0.1) is 0 Å². The molecule has 7 aromatic rings. The Morgan fingerprint density at radius 1 is 0.209 bits per heavy atom. The van der Waals surface area contributed by atoms with Crippen LogP contribution in [0, 0.1) is 0 Å². The van der Waals surface area contributed by atoms with Gasteiger partial charge in [0.25, 0.3) is 0 Å². The first-order chi connectivity index (χ1) is 21.3. The van der Waals surface area contributed by atoms with E-state index in [1.54, 1.807) is 0 Å². The molecule has 204 valence electrons. The molecule has 0 spiro atoms. The molecule has 1 nitrogen and oxygen atoms in total. The minimum atomic E-state index is 0.749. The van der Waals surface area contributed by atoms with Crippen LogP contribution in [0.2, 0.25) is 0 Å². The van der Waals surface area contributed by atoms with Crippen LogP contribution in [0.1, 0.15) is 0 Å². The van der Waals surface area contributed by atoms with Crippen molar-refractivity contribution in [1.82, 2.24) is 0 Å². The first-order valence-corrected chi connectivity index (χ1v) is 14.7. The minimum Gasteiger partial charge on any atom is -0.399 e. The maximum Gasteiger partial charge on any atom is 0.0314 e. The summed E-state index contributed by atoms with van der Waals surface area (Å²) in [6, 6.07) is 62.4. The second-order valence-corrected chi connectivity index (χ2v) is 10.7. The van der Waals surface area contributed by atoms with Gasteiger partial charge in [-0.25, -0.2) is 0 Å². The SMILES string of the molecule is Nc1ccc(-c2c(-c3ccccc3)c(-c3ccccc3)c(-c3ccccc3)c(-c3ccccc3)c2-c2ccccc2)cc1. The molecule has 0 fully saturated rings. The molecule has 0 radical (unpaired) electrons. The monoisotopic (exact) mass is 549 g/mol. The standard InChI is InChI=1S/C42H31N/c43-36-28-26-35(27-29-36)42-40(33-22-12-4-13-23-33)38(31-18-8-2-9-19-31)37(30-16-6-1-7-17-30)39(32-20-10-3-11-21-32)41(42)34-24-14-5-15-25-34/h1-29H,43H2. The second-order valence-electron chi connectivity index (χ2n) is 10.7. The number of nitrogens with two attached hydrogens (primary N) is 1. The lowest BCUT2D eigenvalue weighted by atomic mass is 9.74. The molecule has 0 heterocycles. The normalized spacial score (nSPS) is 10.9. The van der Waals surface area contributed by atoms with Crippen LogP contribution in [0.4, 0.5) is 5.69 Å². The van der Waals surface area contributed by atoms with E-state index in [0.29, 0.717) is 0 Å². The molecule has 1 heteroatoms. The number of benzene rings is 7. The summed E-state index contributed by atoms with van der Waals surface area (Å²) in [6.45, 7) is 0. The molecule has 0 aliphatic rings. The average Bonchev–Trinajstić information content (AvgIpc) is 3.09. The van der Waals surface area contributed by atoms with Gasteiger partial charge in [-0.3, -0.25) is 0 Å². The third-order valence-corrected chi connectivity index (χ3v) is 8.01. The first kappa shape index (κ1) is 26.3. The predicted octanol–water partition coefficient (Wildman–Crippen LogP) is 11.3. The number of anilines is 1. The van der Waals surface area contributed by atoms with Crippen LogP contribution >= 0.6 is 0 Å². The van der Waals surface area contributed by atoms with E-state index in [-0.39, 0.29) is 0 Å². The van der Waals surface area contributed by atoms with Crippen LogP contribution in [-0.4, -0.2) is 0 Å². The summed E-state index contributed by atoms with van der Waals surface area (Å²) in [7, 11) is 0. The van der Waals surface area contributed by atoms with E-state index in [0.717, 1.165) is 11.3 Å². The molecular formula is C42H31N. The van der Waals surface area contributed by atoms with Crippen molar-refractivity contribution in [2.24, 2.45) is 0 Å². The van der Waals surface area contributed by atoms with E-state index in [1.807, 2.05) is 12.1 Å². The van der Waals surface area contributed by atoms with Gasteiger partial charge in [-0.1, -0.05) is 164 Å². The maximum atomic E-state index is 6.25. The van der Waals surface area contributed by atoms with Crippen molar-refractivity contribution in [3.8, 4) is 66.8 Å². The quantitative estimate of drug-likeness (QED) is 0.205. The van der Waals surface area contributed by atoms with Crippen molar-refractivity contribution in [2.45, 2.75) is 0 Å². The highest BCUT2D eigenvalue weighted by Crippen LogP contribution is 2.55. The van der Waals surface area contributed by atoms with Crippen molar-refractivity contribution in [1.29, 1.82) is 0 Å². The molecule has 0 bridgehead atoms. The Hall–Kier alpha value is -5.66. The molecular weight excluding hydrogens is 518 g/mol. The van der Waals surface area contributed by atoms with Gasteiger partial charge in [0.15, 0.2) is 0 Å². The smallest absolute Gasteiger partial charge is 0.0314 e. The van der Waals surface area contributed by atoms with Crippen LogP contribution in [0.5, 0.6) is 0 Å². The summed E-state index contributed by atoms with van der Waals surface area (Å²) in [5, 5.41) is 0. The molecule has 0 saturated carbocycles. The highest BCUT2D eigenvalue weighted by molar-refractivity contribution is 6.15. The number of hydrogen-bond acceptors (Lipinski definition) is 1. The van der Waals surface area contributed by atoms with E-state index in [2.05, 4.69) is 164 Å². The molecule has 2 N–H and O–H groups in total. The third kappa shape index (κ3) is 5.03. The van der Waals surface area contributed by atoms with E-state index in [4.69, 9.17) is 5.73 Å². The van der Waals surface area contributed by atoms with Crippen molar-refractivity contribution in [2.75, 3.05) is 5.73 Å². The first-order valence-electron chi connectivity index (χ1n) is 14.7. The fourth-order valence-electron chi connectivity index (χ4n) is 6.16. The summed E-state index contributed by atoms with van der Waals surface area (Å²) >= 11 is 0. The topological polar surface area (TPSA) is 26.0 Å². The fourth-order valence-corrected chi connectivity index (χ4v) is 6.16. The van der Waals surface area contributed by atoms with Gasteiger partial charge >= 0.3 is 0 Å². The van der Waals surface area contributed by atoms with Crippen LogP contribution in [0.3, 0.4) is 0 Å². The number of hydrogen-bond donors (Lipinski definition) is 1. The summed E-state index contributed by atoms with van der Waals surface area (Å²) in [4.78, 5) is 0.